The minimum atomic E-state index is -0.170. The number of nitrogens with zero attached hydrogens (tertiary/aromatic N) is 1. The topological polar surface area (TPSA) is 53.5 Å². The van der Waals surface area contributed by atoms with E-state index in [2.05, 4.69) is 15.8 Å². The first-order valence-electron chi connectivity index (χ1n) is 6.52. The van der Waals surface area contributed by atoms with Crippen LogP contribution in [0.3, 0.4) is 0 Å². The number of hydrogen-bond acceptors (Lipinski definition) is 3. The summed E-state index contributed by atoms with van der Waals surface area (Å²) < 4.78 is 13.0. The van der Waals surface area contributed by atoms with E-state index < -0.39 is 0 Å². The van der Waals surface area contributed by atoms with Crippen LogP contribution in [0.5, 0.6) is 0 Å². The lowest BCUT2D eigenvalue weighted by atomic mass is 10.2. The number of benzene rings is 1. The summed E-state index contributed by atoms with van der Waals surface area (Å²) in [5, 5.41) is 6.72. The predicted octanol–water partition coefficient (Wildman–Crippen LogP) is 3.70. The smallest absolute Gasteiger partial charge is 0.211 e. The summed E-state index contributed by atoms with van der Waals surface area (Å²) in [5.74, 6) is -0.170. The fourth-order valence-electron chi connectivity index (χ4n) is 1.83. The Balaban J connectivity index is 2.02. The minimum Gasteiger partial charge on any atom is -0.329 e. The van der Waals surface area contributed by atoms with Gasteiger partial charge in [0.25, 0.3) is 0 Å². The van der Waals surface area contributed by atoms with Gasteiger partial charge in [-0.2, -0.15) is 5.10 Å². The average molecular weight is 285 g/mol. The summed E-state index contributed by atoms with van der Waals surface area (Å²) >= 11 is 0. The van der Waals surface area contributed by atoms with E-state index in [1.54, 1.807) is 24.4 Å². The first-order chi connectivity index (χ1) is 10.2. The molecule has 0 saturated carbocycles. The van der Waals surface area contributed by atoms with Gasteiger partial charge in [0.1, 0.15) is 5.83 Å². The molecule has 1 aliphatic carbocycles. The molecular weight excluding hydrogens is 269 g/mol. The molecule has 108 valence electrons. The highest BCUT2D eigenvalue weighted by Gasteiger charge is 1.99. The summed E-state index contributed by atoms with van der Waals surface area (Å²) in [7, 11) is 0. The molecule has 0 radical (unpaired) electrons. The Kier molecular flexibility index (Phi) is 5.04. The van der Waals surface area contributed by atoms with Crippen LogP contribution in [0.15, 0.2) is 59.0 Å². The fraction of sp³-hybridized carbons (Fsp3) is 0.125. The molecular formula is C16H16FN3O. The summed E-state index contributed by atoms with van der Waals surface area (Å²) in [6.45, 7) is 1.91. The number of rotatable bonds is 5. The molecule has 0 aliphatic heterocycles. The zero-order chi connectivity index (χ0) is 15.1. The van der Waals surface area contributed by atoms with E-state index in [4.69, 9.17) is 0 Å². The first kappa shape index (κ1) is 14.7. The third-order valence-electron chi connectivity index (χ3n) is 2.93. The predicted molar refractivity (Wildman–Crippen MR) is 84.0 cm³/mol. The molecule has 5 heteroatoms. The number of aryl methyl sites for hydroxylation is 1. The van der Waals surface area contributed by atoms with E-state index in [0.717, 1.165) is 22.5 Å². The molecule has 4 nitrogen and oxygen atoms in total. The molecule has 1 aromatic carbocycles. The van der Waals surface area contributed by atoms with E-state index in [1.807, 2.05) is 25.1 Å². The highest BCUT2D eigenvalue weighted by molar-refractivity contribution is 5.83. The lowest BCUT2D eigenvalue weighted by Crippen LogP contribution is -1.97. The van der Waals surface area contributed by atoms with Gasteiger partial charge in [-0.15, -0.1) is 0 Å². The Morgan fingerprint density at radius 2 is 2.19 bits per heavy atom. The third kappa shape index (κ3) is 4.42. The van der Waals surface area contributed by atoms with Crippen LogP contribution in [-0.2, 0) is 4.79 Å². The molecule has 0 bridgehead atoms. The zero-order valence-corrected chi connectivity index (χ0v) is 11.6. The normalized spacial score (nSPS) is 14.4. The van der Waals surface area contributed by atoms with E-state index in [9.17, 15) is 9.18 Å². The van der Waals surface area contributed by atoms with Crippen LogP contribution in [0.1, 0.15) is 12.0 Å². The van der Waals surface area contributed by atoms with Crippen molar-refractivity contribution in [2.75, 3.05) is 10.7 Å². The number of amides is 1. The lowest BCUT2D eigenvalue weighted by Gasteiger charge is -2.06. The zero-order valence-electron chi connectivity index (χ0n) is 11.6. The second-order valence-corrected chi connectivity index (χ2v) is 4.55. The quantitative estimate of drug-likeness (QED) is 0.492. The van der Waals surface area contributed by atoms with Crippen molar-refractivity contribution in [1.29, 1.82) is 0 Å². The van der Waals surface area contributed by atoms with Gasteiger partial charge in [0.15, 0.2) is 0 Å². The van der Waals surface area contributed by atoms with Gasteiger partial charge in [-0.25, -0.2) is 4.39 Å². The van der Waals surface area contributed by atoms with Crippen molar-refractivity contribution in [3.05, 3.63) is 59.5 Å². The maximum Gasteiger partial charge on any atom is 0.211 e. The Morgan fingerprint density at radius 1 is 1.33 bits per heavy atom. The number of carbonyl (C=O) groups is 1. The SMILES string of the molecule is Cc1cc(NC=O)ccc1N/N=C/C1=CC=C(F)CC=C1. The summed E-state index contributed by atoms with van der Waals surface area (Å²) in [5.41, 5.74) is 6.26. The number of anilines is 2. The molecule has 0 saturated heterocycles. The largest absolute Gasteiger partial charge is 0.329 e. The highest BCUT2D eigenvalue weighted by Crippen LogP contribution is 2.19. The van der Waals surface area contributed by atoms with E-state index in [-0.39, 0.29) is 5.83 Å². The van der Waals surface area contributed by atoms with Gasteiger partial charge in [0, 0.05) is 12.1 Å². The third-order valence-corrected chi connectivity index (χ3v) is 2.93. The Bertz CT molecular complexity index is 645. The van der Waals surface area contributed by atoms with Crippen molar-refractivity contribution in [3.63, 3.8) is 0 Å². The molecule has 0 spiro atoms. The summed E-state index contributed by atoms with van der Waals surface area (Å²) in [6, 6.07) is 5.45. The summed E-state index contributed by atoms with van der Waals surface area (Å²) in [4.78, 5) is 10.4. The van der Waals surface area contributed by atoms with E-state index in [1.165, 1.54) is 6.08 Å². The monoisotopic (exact) mass is 285 g/mol. The van der Waals surface area contributed by atoms with Gasteiger partial charge in [-0.1, -0.05) is 18.2 Å². The maximum absolute atomic E-state index is 13.0. The molecule has 0 atom stereocenters. The van der Waals surface area contributed by atoms with Gasteiger partial charge in [0.2, 0.25) is 6.41 Å². The number of nitrogens with one attached hydrogen (secondary N) is 2. The first-order valence-corrected chi connectivity index (χ1v) is 6.52. The van der Waals surface area contributed by atoms with Crippen molar-refractivity contribution >= 4 is 24.0 Å². The number of hydrazone groups is 1. The molecule has 1 aliphatic rings. The van der Waals surface area contributed by atoms with Crippen LogP contribution < -0.4 is 10.7 Å². The van der Waals surface area contributed by atoms with Gasteiger partial charge >= 0.3 is 0 Å². The fourth-order valence-corrected chi connectivity index (χ4v) is 1.83. The Morgan fingerprint density at radius 3 is 2.95 bits per heavy atom. The van der Waals surface area contributed by atoms with E-state index >= 15 is 0 Å². The molecule has 2 N–H and O–H groups in total. The molecule has 1 aromatic rings. The van der Waals surface area contributed by atoms with Crippen molar-refractivity contribution in [3.8, 4) is 0 Å². The van der Waals surface area contributed by atoms with Crippen LogP contribution >= 0.6 is 0 Å². The van der Waals surface area contributed by atoms with Crippen LogP contribution in [0.25, 0.3) is 0 Å². The van der Waals surface area contributed by atoms with Crippen LogP contribution in [0, 0.1) is 6.92 Å². The molecule has 21 heavy (non-hydrogen) atoms. The number of allylic oxidation sites excluding steroid dienone is 6. The molecule has 0 aromatic heterocycles. The molecule has 1 amide bonds. The lowest BCUT2D eigenvalue weighted by molar-refractivity contribution is -0.105. The average Bonchev–Trinajstić information content (AvgIpc) is 2.66. The second kappa shape index (κ2) is 7.19. The molecule has 0 unspecified atom stereocenters. The van der Waals surface area contributed by atoms with Gasteiger partial charge in [-0.05, 0) is 42.3 Å². The van der Waals surface area contributed by atoms with Gasteiger partial charge in [-0.3, -0.25) is 10.2 Å². The highest BCUT2D eigenvalue weighted by atomic mass is 19.1. The van der Waals surface area contributed by atoms with Crippen molar-refractivity contribution in [2.24, 2.45) is 5.10 Å². The van der Waals surface area contributed by atoms with Crippen LogP contribution in [-0.4, -0.2) is 12.6 Å². The Labute approximate surface area is 122 Å². The second-order valence-electron chi connectivity index (χ2n) is 4.55. The maximum atomic E-state index is 13.0. The molecule has 0 fully saturated rings. The molecule has 0 heterocycles. The number of hydrogen-bond donors (Lipinski definition) is 2. The number of carbonyl (C=O) groups excluding carboxylic acids is 1. The van der Waals surface area contributed by atoms with E-state index in [0.29, 0.717) is 12.8 Å². The van der Waals surface area contributed by atoms with Gasteiger partial charge in [0.05, 0.1) is 11.9 Å². The van der Waals surface area contributed by atoms with Crippen molar-refractivity contribution in [2.45, 2.75) is 13.3 Å². The van der Waals surface area contributed by atoms with Gasteiger partial charge < -0.3 is 5.32 Å². The minimum absolute atomic E-state index is 0.170. The van der Waals surface area contributed by atoms with Crippen molar-refractivity contribution < 1.29 is 9.18 Å². The van der Waals surface area contributed by atoms with Crippen LogP contribution in [0.4, 0.5) is 15.8 Å². The summed E-state index contributed by atoms with van der Waals surface area (Å²) in [6.07, 6.45) is 9.26. The molecule has 2 rings (SSSR count). The number of halogens is 1. The van der Waals surface area contributed by atoms with Crippen molar-refractivity contribution in [1.82, 2.24) is 0 Å². The standard InChI is InChI=1S/C16H16FN3O/c1-12-9-15(18-11-21)7-8-16(12)20-19-10-13-3-2-4-14(17)6-5-13/h2-3,5-11,20H,4H2,1H3,(H,18,21)/b19-10+. The Hall–Kier alpha value is -2.69. The van der Waals surface area contributed by atoms with Crippen LogP contribution in [0.2, 0.25) is 0 Å².